The van der Waals surface area contributed by atoms with Gasteiger partial charge in [-0.15, -0.1) is 0 Å². The van der Waals surface area contributed by atoms with E-state index in [2.05, 4.69) is 31.0 Å². The third kappa shape index (κ3) is 7.81. The molecule has 9 heteroatoms. The lowest BCUT2D eigenvalue weighted by atomic mass is 10.1. The molecule has 29 heavy (non-hydrogen) atoms. The van der Waals surface area contributed by atoms with Crippen LogP contribution in [0.1, 0.15) is 40.2 Å². The Kier molecular flexibility index (Phi) is 7.19. The topological polar surface area (TPSA) is 105 Å². The van der Waals surface area contributed by atoms with Gasteiger partial charge in [-0.3, -0.25) is 4.99 Å². The molecule has 0 radical (unpaired) electrons. The first kappa shape index (κ1) is 22.2. The molecular weight excluding hydrogens is 370 g/mol. The number of amides is 1. The van der Waals surface area contributed by atoms with Gasteiger partial charge in [-0.2, -0.15) is 5.10 Å². The third-order valence-electron chi connectivity index (χ3n) is 3.77. The summed E-state index contributed by atoms with van der Waals surface area (Å²) in [6.45, 7) is 10.4. The molecule has 0 aromatic carbocycles. The molecule has 0 unspecified atom stereocenters. The summed E-state index contributed by atoms with van der Waals surface area (Å²) in [6.07, 6.45) is 4.86. The van der Waals surface area contributed by atoms with Gasteiger partial charge in [0, 0.05) is 38.7 Å². The fourth-order valence-electron chi connectivity index (χ4n) is 2.44. The summed E-state index contributed by atoms with van der Waals surface area (Å²) in [6, 6.07) is 5.74. The van der Waals surface area contributed by atoms with Crippen molar-refractivity contribution in [2.24, 2.45) is 4.99 Å². The van der Waals surface area contributed by atoms with Crippen LogP contribution in [0.25, 0.3) is 5.82 Å². The predicted molar refractivity (Wildman–Crippen MR) is 113 cm³/mol. The summed E-state index contributed by atoms with van der Waals surface area (Å²) < 4.78 is 7.03. The zero-order chi connectivity index (χ0) is 21.5. The SMILES string of the molecule is CN=C(NCc1ccnc(-n2cccn2)c1)NCC(C)(C)NC(=O)OC(C)(C)C. The van der Waals surface area contributed by atoms with E-state index >= 15 is 0 Å². The van der Waals surface area contributed by atoms with Crippen molar-refractivity contribution >= 4 is 12.1 Å². The second kappa shape index (κ2) is 9.40. The largest absolute Gasteiger partial charge is 0.444 e. The van der Waals surface area contributed by atoms with Gasteiger partial charge in [0.05, 0.1) is 5.54 Å². The molecule has 0 aliphatic rings. The maximum Gasteiger partial charge on any atom is 0.408 e. The van der Waals surface area contributed by atoms with Crippen molar-refractivity contribution in [3.63, 3.8) is 0 Å². The number of hydrogen-bond acceptors (Lipinski definition) is 5. The van der Waals surface area contributed by atoms with E-state index in [-0.39, 0.29) is 0 Å². The molecule has 2 rings (SSSR count). The summed E-state index contributed by atoms with van der Waals surface area (Å²) in [5, 5.41) is 13.5. The van der Waals surface area contributed by atoms with E-state index in [1.165, 1.54) is 0 Å². The molecule has 0 saturated heterocycles. The van der Waals surface area contributed by atoms with Gasteiger partial charge in [0.2, 0.25) is 0 Å². The molecule has 0 aliphatic carbocycles. The number of carbonyl (C=O) groups excluding carboxylic acids is 1. The Morgan fingerprint density at radius 2 is 1.97 bits per heavy atom. The summed E-state index contributed by atoms with van der Waals surface area (Å²) in [5.41, 5.74) is -0.0196. The molecule has 9 nitrogen and oxygen atoms in total. The molecule has 3 N–H and O–H groups in total. The molecule has 0 bridgehead atoms. The molecule has 0 spiro atoms. The van der Waals surface area contributed by atoms with Crippen LogP contribution in [0.5, 0.6) is 0 Å². The summed E-state index contributed by atoms with van der Waals surface area (Å²) >= 11 is 0. The molecule has 1 amide bonds. The van der Waals surface area contributed by atoms with Gasteiger partial charge in [-0.05, 0) is 58.4 Å². The van der Waals surface area contributed by atoms with Crippen LogP contribution in [0.15, 0.2) is 41.8 Å². The van der Waals surface area contributed by atoms with Crippen LogP contribution < -0.4 is 16.0 Å². The van der Waals surface area contributed by atoms with E-state index in [9.17, 15) is 4.79 Å². The number of aromatic nitrogens is 3. The average Bonchev–Trinajstić information content (AvgIpc) is 3.14. The van der Waals surface area contributed by atoms with Crippen molar-refractivity contribution in [2.45, 2.75) is 52.3 Å². The highest BCUT2D eigenvalue weighted by atomic mass is 16.6. The molecule has 0 saturated carbocycles. The van der Waals surface area contributed by atoms with Crippen molar-refractivity contribution in [3.8, 4) is 5.82 Å². The second-order valence-corrected chi connectivity index (χ2v) is 8.26. The van der Waals surface area contributed by atoms with Crippen molar-refractivity contribution in [1.29, 1.82) is 0 Å². The normalized spacial score (nSPS) is 12.4. The highest BCUT2D eigenvalue weighted by Gasteiger charge is 2.24. The standard InChI is InChI=1S/C20H31N7O2/c1-19(2,3)29-18(28)26-20(4,5)14-24-17(21-6)23-13-15-8-10-22-16(12-15)27-11-7-9-25-27/h7-12H,13-14H2,1-6H3,(H,26,28)(H2,21,23,24). The maximum atomic E-state index is 12.0. The lowest BCUT2D eigenvalue weighted by Gasteiger charge is -2.29. The number of ether oxygens (including phenoxy) is 1. The minimum absolute atomic E-state index is 0.449. The van der Waals surface area contributed by atoms with E-state index in [4.69, 9.17) is 4.74 Å². The molecule has 2 aromatic heterocycles. The van der Waals surface area contributed by atoms with Crippen LogP contribution in [-0.2, 0) is 11.3 Å². The number of pyridine rings is 1. The van der Waals surface area contributed by atoms with Crippen molar-refractivity contribution in [1.82, 2.24) is 30.7 Å². The fraction of sp³-hybridized carbons (Fsp3) is 0.500. The smallest absolute Gasteiger partial charge is 0.408 e. The number of rotatable bonds is 6. The first-order valence-corrected chi connectivity index (χ1v) is 9.49. The van der Waals surface area contributed by atoms with Crippen molar-refractivity contribution < 1.29 is 9.53 Å². The first-order chi connectivity index (χ1) is 13.6. The van der Waals surface area contributed by atoms with Crippen LogP contribution >= 0.6 is 0 Å². The Labute approximate surface area is 172 Å². The van der Waals surface area contributed by atoms with Gasteiger partial charge < -0.3 is 20.7 Å². The van der Waals surface area contributed by atoms with E-state index in [0.717, 1.165) is 11.4 Å². The number of nitrogens with zero attached hydrogens (tertiary/aromatic N) is 4. The summed E-state index contributed by atoms with van der Waals surface area (Å²) in [5.74, 6) is 1.38. The van der Waals surface area contributed by atoms with Gasteiger partial charge in [-0.25, -0.2) is 14.5 Å². The Morgan fingerprint density at radius 1 is 1.21 bits per heavy atom. The van der Waals surface area contributed by atoms with E-state index < -0.39 is 17.2 Å². The molecule has 2 aromatic rings. The van der Waals surface area contributed by atoms with Crippen LogP contribution in [-0.4, -0.2) is 51.5 Å². The van der Waals surface area contributed by atoms with Crippen LogP contribution in [0.3, 0.4) is 0 Å². The highest BCUT2D eigenvalue weighted by molar-refractivity contribution is 5.79. The lowest BCUT2D eigenvalue weighted by Crippen LogP contribution is -2.54. The zero-order valence-corrected chi connectivity index (χ0v) is 18.0. The van der Waals surface area contributed by atoms with Crippen molar-refractivity contribution in [2.75, 3.05) is 13.6 Å². The summed E-state index contributed by atoms with van der Waals surface area (Å²) in [4.78, 5) is 20.6. The Hall–Kier alpha value is -3.10. The third-order valence-corrected chi connectivity index (χ3v) is 3.77. The average molecular weight is 402 g/mol. The first-order valence-electron chi connectivity index (χ1n) is 9.49. The summed E-state index contributed by atoms with van der Waals surface area (Å²) in [7, 11) is 1.70. The number of carbonyl (C=O) groups is 1. The number of nitrogens with one attached hydrogen (secondary N) is 3. The molecular formula is C20H31N7O2. The monoisotopic (exact) mass is 401 g/mol. The molecule has 2 heterocycles. The van der Waals surface area contributed by atoms with E-state index in [0.29, 0.717) is 19.0 Å². The van der Waals surface area contributed by atoms with Gasteiger partial charge >= 0.3 is 6.09 Å². The molecule has 0 aliphatic heterocycles. The highest BCUT2D eigenvalue weighted by Crippen LogP contribution is 2.09. The number of guanidine groups is 1. The Morgan fingerprint density at radius 3 is 2.59 bits per heavy atom. The molecule has 0 atom stereocenters. The minimum Gasteiger partial charge on any atom is -0.444 e. The number of aliphatic imine (C=N–C) groups is 1. The van der Waals surface area contributed by atoms with Gasteiger partial charge in [0.25, 0.3) is 0 Å². The second-order valence-electron chi connectivity index (χ2n) is 8.26. The van der Waals surface area contributed by atoms with Crippen LogP contribution in [0, 0.1) is 0 Å². The van der Waals surface area contributed by atoms with Gasteiger partial charge in [0.1, 0.15) is 5.60 Å². The van der Waals surface area contributed by atoms with E-state index in [1.54, 1.807) is 24.1 Å². The number of hydrogen-bond donors (Lipinski definition) is 3. The fourth-order valence-corrected chi connectivity index (χ4v) is 2.44. The minimum atomic E-state index is -0.537. The molecule has 0 fully saturated rings. The van der Waals surface area contributed by atoms with Gasteiger partial charge in [0.15, 0.2) is 11.8 Å². The van der Waals surface area contributed by atoms with E-state index in [1.807, 2.05) is 59.0 Å². The Balaban J connectivity index is 1.86. The maximum absolute atomic E-state index is 12.0. The molecule has 158 valence electrons. The number of alkyl carbamates (subject to hydrolysis) is 1. The van der Waals surface area contributed by atoms with Gasteiger partial charge in [-0.1, -0.05) is 0 Å². The Bertz CT molecular complexity index is 824. The van der Waals surface area contributed by atoms with Crippen LogP contribution in [0.4, 0.5) is 4.79 Å². The lowest BCUT2D eigenvalue weighted by molar-refractivity contribution is 0.0474. The zero-order valence-electron chi connectivity index (χ0n) is 18.0. The predicted octanol–water partition coefficient (Wildman–Crippen LogP) is 2.24. The van der Waals surface area contributed by atoms with Crippen molar-refractivity contribution in [3.05, 3.63) is 42.4 Å². The van der Waals surface area contributed by atoms with Crippen LogP contribution in [0.2, 0.25) is 0 Å². The quantitative estimate of drug-likeness (QED) is 0.506.